The van der Waals surface area contributed by atoms with Crippen molar-refractivity contribution in [1.29, 1.82) is 0 Å². The van der Waals surface area contributed by atoms with Crippen LogP contribution in [0.15, 0.2) is 18.2 Å². The van der Waals surface area contributed by atoms with Crippen LogP contribution in [0.25, 0.3) is 0 Å². The molecule has 1 amide bonds. The minimum absolute atomic E-state index is 0.115. The fraction of sp³-hybridized carbons (Fsp3) is 0.556. The molecule has 1 atom stereocenters. The highest BCUT2D eigenvalue weighted by Gasteiger charge is 2.35. The van der Waals surface area contributed by atoms with Gasteiger partial charge in [-0.25, -0.2) is 4.79 Å². The number of amides is 1. The molecule has 1 aromatic rings. The molecule has 1 aliphatic heterocycles. The number of hydrogen-bond donors (Lipinski definition) is 1. The van der Waals surface area contributed by atoms with Gasteiger partial charge >= 0.3 is 12.1 Å². The number of carboxylic acid groups (broad SMARTS) is 1. The Balaban J connectivity index is 2.32. The van der Waals surface area contributed by atoms with E-state index in [1.54, 1.807) is 11.0 Å². The van der Waals surface area contributed by atoms with Gasteiger partial charge in [0.05, 0.1) is 19.6 Å². The van der Waals surface area contributed by atoms with Gasteiger partial charge in [0.25, 0.3) is 0 Å². The zero-order valence-corrected chi connectivity index (χ0v) is 14.7. The summed E-state index contributed by atoms with van der Waals surface area (Å²) >= 11 is 0. The lowest BCUT2D eigenvalue weighted by Crippen LogP contribution is -2.36. The third-order valence-corrected chi connectivity index (χ3v) is 3.91. The first-order chi connectivity index (χ1) is 11.2. The van der Waals surface area contributed by atoms with Gasteiger partial charge in [0.15, 0.2) is 0 Å². The Kier molecular flexibility index (Phi) is 5.36. The molecule has 0 radical (unpaired) electrons. The lowest BCUT2D eigenvalue weighted by atomic mass is 9.98. The van der Waals surface area contributed by atoms with Gasteiger partial charge in [-0.2, -0.15) is 0 Å². The molecule has 0 saturated carbocycles. The Bertz CT molecular complexity index is 620. The molecule has 2 rings (SSSR count). The van der Waals surface area contributed by atoms with Gasteiger partial charge in [0.2, 0.25) is 0 Å². The number of methoxy groups -OCH3 is 1. The number of ether oxygens (including phenoxy) is 2. The quantitative estimate of drug-likeness (QED) is 0.912. The highest BCUT2D eigenvalue weighted by Crippen LogP contribution is 2.39. The van der Waals surface area contributed by atoms with Gasteiger partial charge in [-0.15, -0.1) is 0 Å². The topological polar surface area (TPSA) is 76.1 Å². The van der Waals surface area contributed by atoms with Crippen LogP contribution in [0.3, 0.4) is 0 Å². The number of carbonyl (C=O) groups excluding carboxylic acids is 1. The van der Waals surface area contributed by atoms with E-state index in [0.29, 0.717) is 17.9 Å². The summed E-state index contributed by atoms with van der Waals surface area (Å²) in [4.78, 5) is 25.2. The first kappa shape index (κ1) is 18.1. The van der Waals surface area contributed by atoms with Gasteiger partial charge in [-0.1, -0.05) is 18.2 Å². The zero-order chi connectivity index (χ0) is 17.9. The molecule has 6 heteroatoms. The van der Waals surface area contributed by atoms with E-state index in [1.807, 2.05) is 32.9 Å². The number of aliphatic carboxylic acids is 1. The molecule has 0 aliphatic carbocycles. The highest BCUT2D eigenvalue weighted by molar-refractivity contribution is 5.72. The third-order valence-electron chi connectivity index (χ3n) is 3.91. The number of hydrogen-bond acceptors (Lipinski definition) is 4. The van der Waals surface area contributed by atoms with Gasteiger partial charge < -0.3 is 19.5 Å². The molecule has 1 aliphatic rings. The van der Waals surface area contributed by atoms with E-state index < -0.39 is 11.6 Å². The van der Waals surface area contributed by atoms with Crippen molar-refractivity contribution >= 4 is 12.1 Å². The van der Waals surface area contributed by atoms with Gasteiger partial charge in [-0.05, 0) is 33.6 Å². The maximum Gasteiger partial charge on any atom is 0.410 e. The molecule has 0 bridgehead atoms. The SMILES string of the molecule is COc1c(CC(=O)O)cccc1C1CCCN1C(=O)OC(C)(C)C. The van der Waals surface area contributed by atoms with Crippen LogP contribution < -0.4 is 4.74 Å². The summed E-state index contributed by atoms with van der Waals surface area (Å²) in [5.74, 6) is -0.374. The lowest BCUT2D eigenvalue weighted by molar-refractivity contribution is -0.136. The van der Waals surface area contributed by atoms with Crippen LogP contribution in [0, 0.1) is 0 Å². The summed E-state index contributed by atoms with van der Waals surface area (Å²) in [6.07, 6.45) is 1.20. The van der Waals surface area contributed by atoms with Crippen LogP contribution in [-0.4, -0.2) is 41.3 Å². The first-order valence-corrected chi connectivity index (χ1v) is 8.10. The number of carboxylic acids is 1. The molecule has 1 fully saturated rings. The van der Waals surface area contributed by atoms with Crippen molar-refractivity contribution in [3.63, 3.8) is 0 Å². The average molecular weight is 335 g/mol. The number of nitrogens with zero attached hydrogens (tertiary/aromatic N) is 1. The molecule has 24 heavy (non-hydrogen) atoms. The van der Waals surface area contributed by atoms with Gasteiger partial charge in [-0.3, -0.25) is 4.79 Å². The monoisotopic (exact) mass is 335 g/mol. The molecule has 1 unspecified atom stereocenters. The summed E-state index contributed by atoms with van der Waals surface area (Å²) in [5, 5.41) is 9.07. The molecule has 1 N–H and O–H groups in total. The van der Waals surface area contributed by atoms with Crippen molar-refractivity contribution in [2.75, 3.05) is 13.7 Å². The molecule has 132 valence electrons. The number of benzene rings is 1. The predicted octanol–water partition coefficient (Wildman–Crippen LogP) is 3.39. The van der Waals surface area contributed by atoms with Crippen molar-refractivity contribution in [2.45, 2.75) is 51.7 Å². The van der Waals surface area contributed by atoms with Crippen molar-refractivity contribution in [3.05, 3.63) is 29.3 Å². The Morgan fingerprint density at radius 2 is 2.04 bits per heavy atom. The van der Waals surface area contributed by atoms with E-state index in [-0.39, 0.29) is 18.6 Å². The second-order valence-electron chi connectivity index (χ2n) is 6.94. The van der Waals surface area contributed by atoms with Crippen LogP contribution in [-0.2, 0) is 16.0 Å². The standard InChI is InChI=1S/C18H25NO5/c1-18(2,3)24-17(22)19-10-6-9-14(19)13-8-5-7-12(11-15(20)21)16(13)23-4/h5,7-8,14H,6,9-11H2,1-4H3,(H,20,21). The summed E-state index contributed by atoms with van der Waals surface area (Å²) in [5.41, 5.74) is 0.887. The molecule has 6 nitrogen and oxygen atoms in total. The Morgan fingerprint density at radius 3 is 2.62 bits per heavy atom. The predicted molar refractivity (Wildman–Crippen MR) is 89.2 cm³/mol. The molecule has 1 aromatic carbocycles. The molecular formula is C18H25NO5. The largest absolute Gasteiger partial charge is 0.496 e. The molecular weight excluding hydrogens is 310 g/mol. The maximum absolute atomic E-state index is 12.5. The van der Waals surface area contributed by atoms with E-state index >= 15 is 0 Å². The number of para-hydroxylation sites is 1. The third kappa shape index (κ3) is 4.19. The smallest absolute Gasteiger partial charge is 0.410 e. The molecule has 1 saturated heterocycles. The lowest BCUT2D eigenvalue weighted by Gasteiger charge is -2.29. The van der Waals surface area contributed by atoms with Crippen molar-refractivity contribution in [3.8, 4) is 5.75 Å². The highest BCUT2D eigenvalue weighted by atomic mass is 16.6. The second-order valence-corrected chi connectivity index (χ2v) is 6.94. The fourth-order valence-corrected chi connectivity index (χ4v) is 3.05. The van der Waals surface area contributed by atoms with Crippen LogP contribution in [0.4, 0.5) is 4.79 Å². The minimum Gasteiger partial charge on any atom is -0.496 e. The van der Waals surface area contributed by atoms with Crippen molar-refractivity contribution < 1.29 is 24.2 Å². The maximum atomic E-state index is 12.5. The number of likely N-dealkylation sites (tertiary alicyclic amines) is 1. The zero-order valence-electron chi connectivity index (χ0n) is 14.7. The van der Waals surface area contributed by atoms with Gasteiger partial charge in [0.1, 0.15) is 11.4 Å². The van der Waals surface area contributed by atoms with Crippen LogP contribution in [0.2, 0.25) is 0 Å². The summed E-state index contributed by atoms with van der Waals surface area (Å²) in [6.45, 7) is 6.13. The van der Waals surface area contributed by atoms with E-state index in [4.69, 9.17) is 14.6 Å². The Labute approximate surface area is 142 Å². The van der Waals surface area contributed by atoms with Gasteiger partial charge in [0, 0.05) is 17.7 Å². The Morgan fingerprint density at radius 1 is 1.33 bits per heavy atom. The first-order valence-electron chi connectivity index (χ1n) is 8.10. The minimum atomic E-state index is -0.916. The average Bonchev–Trinajstić information content (AvgIpc) is 2.93. The Hall–Kier alpha value is -2.24. The van der Waals surface area contributed by atoms with E-state index in [0.717, 1.165) is 18.4 Å². The molecule has 1 heterocycles. The summed E-state index contributed by atoms with van der Waals surface area (Å²) < 4.78 is 11.0. The normalized spacial score (nSPS) is 17.7. The fourth-order valence-electron chi connectivity index (χ4n) is 3.05. The number of rotatable bonds is 4. The van der Waals surface area contributed by atoms with Crippen LogP contribution in [0.5, 0.6) is 5.75 Å². The summed E-state index contributed by atoms with van der Waals surface area (Å²) in [7, 11) is 1.52. The van der Waals surface area contributed by atoms with E-state index in [2.05, 4.69) is 0 Å². The van der Waals surface area contributed by atoms with Crippen molar-refractivity contribution in [1.82, 2.24) is 4.90 Å². The number of carbonyl (C=O) groups is 2. The van der Waals surface area contributed by atoms with E-state index in [1.165, 1.54) is 7.11 Å². The van der Waals surface area contributed by atoms with Crippen LogP contribution >= 0.6 is 0 Å². The van der Waals surface area contributed by atoms with Crippen LogP contribution in [0.1, 0.15) is 50.8 Å². The molecule has 0 spiro atoms. The van der Waals surface area contributed by atoms with E-state index in [9.17, 15) is 9.59 Å². The second kappa shape index (κ2) is 7.11. The van der Waals surface area contributed by atoms with Crippen molar-refractivity contribution in [2.24, 2.45) is 0 Å². The molecule has 0 aromatic heterocycles. The summed E-state index contributed by atoms with van der Waals surface area (Å²) in [6, 6.07) is 5.27.